The Bertz CT molecular complexity index is 1120. The van der Waals surface area contributed by atoms with Gasteiger partial charge < -0.3 is 5.32 Å². The van der Waals surface area contributed by atoms with Gasteiger partial charge in [0.05, 0.1) is 5.92 Å². The maximum atomic E-state index is 14.7. The first-order chi connectivity index (χ1) is 15.1. The molecule has 0 spiro atoms. The van der Waals surface area contributed by atoms with Crippen LogP contribution >= 0.6 is 0 Å². The van der Waals surface area contributed by atoms with Gasteiger partial charge in [-0.05, 0) is 41.7 Å². The van der Waals surface area contributed by atoms with Gasteiger partial charge in [0.25, 0.3) is 0 Å². The van der Waals surface area contributed by atoms with Crippen LogP contribution in [-0.4, -0.2) is 32.4 Å². The van der Waals surface area contributed by atoms with Crippen LogP contribution in [0, 0.1) is 5.82 Å². The molecule has 2 atom stereocenters. The molecule has 7 nitrogen and oxygen atoms in total. The molecular formula is C22H22F2N6O. The first-order valence-corrected chi connectivity index (χ1v) is 10.3. The monoisotopic (exact) mass is 424 g/mol. The van der Waals surface area contributed by atoms with Crippen LogP contribution in [-0.2, 0) is 11.3 Å². The maximum absolute atomic E-state index is 14.7. The minimum absolute atomic E-state index is 0.0744. The number of hydrogen-bond acceptors (Lipinski definition) is 5. The minimum Gasteiger partial charge on any atom is -0.329 e. The van der Waals surface area contributed by atoms with E-state index in [-0.39, 0.29) is 23.4 Å². The lowest BCUT2D eigenvalue weighted by atomic mass is 9.68. The zero-order valence-electron chi connectivity index (χ0n) is 17.0. The molecule has 1 aromatic heterocycles. The lowest BCUT2D eigenvalue weighted by Gasteiger charge is -2.40. The van der Waals surface area contributed by atoms with Crippen molar-refractivity contribution in [2.24, 2.45) is 0 Å². The summed E-state index contributed by atoms with van der Waals surface area (Å²) in [5.74, 6) is -0.319. The molecule has 1 aromatic carbocycles. The number of halogens is 2. The molecule has 3 heterocycles. The van der Waals surface area contributed by atoms with E-state index in [1.165, 1.54) is 24.5 Å². The molecule has 31 heavy (non-hydrogen) atoms. The summed E-state index contributed by atoms with van der Waals surface area (Å²) in [6.07, 6.45) is 5.94. The Labute approximate surface area is 178 Å². The van der Waals surface area contributed by atoms with Crippen LogP contribution in [0.4, 0.5) is 8.87 Å². The number of rotatable bonds is 4. The number of carbonyl (C=O) groups is 1. The lowest BCUT2D eigenvalue weighted by Crippen LogP contribution is -2.41. The third-order valence-corrected chi connectivity index (χ3v) is 6.04. The number of hydrogen-bond donors (Lipinski definition) is 2. The van der Waals surface area contributed by atoms with Crippen LogP contribution in [0.5, 0.6) is 0 Å². The van der Waals surface area contributed by atoms with Crippen LogP contribution < -0.4 is 10.7 Å². The molecule has 2 N–H and O–H groups in total. The Morgan fingerprint density at radius 1 is 1.26 bits per heavy atom. The summed E-state index contributed by atoms with van der Waals surface area (Å²) >= 11 is 0. The van der Waals surface area contributed by atoms with Crippen LogP contribution in [0.3, 0.4) is 0 Å². The fraction of sp³-hybridized carbons (Fsp3) is 0.318. The normalized spacial score (nSPS) is 23.1. The third kappa shape index (κ3) is 3.34. The number of nitrogens with one attached hydrogen (secondary N) is 2. The number of nitrogens with zero attached hydrogens (tertiary/aromatic N) is 4. The second-order valence-corrected chi connectivity index (χ2v) is 7.91. The fourth-order valence-electron chi connectivity index (χ4n) is 4.74. The van der Waals surface area contributed by atoms with E-state index >= 15 is 0 Å². The fourth-order valence-corrected chi connectivity index (χ4v) is 4.74. The second-order valence-electron chi connectivity index (χ2n) is 7.91. The molecule has 0 bridgehead atoms. The van der Waals surface area contributed by atoms with Gasteiger partial charge in [-0.2, -0.15) is 5.10 Å². The average molecular weight is 424 g/mol. The van der Waals surface area contributed by atoms with Gasteiger partial charge in [-0.15, -0.1) is 5.23 Å². The number of carbonyl (C=O) groups excluding carboxylic acids is 1. The Hall–Kier alpha value is -3.33. The molecule has 5 rings (SSSR count). The first-order valence-electron chi connectivity index (χ1n) is 10.3. The smallest absolute Gasteiger partial charge is 0.250 e. The minimum atomic E-state index is -0.401. The van der Waals surface area contributed by atoms with Crippen LogP contribution in [0.1, 0.15) is 43.0 Å². The number of hydrazine groups is 1. The summed E-state index contributed by atoms with van der Waals surface area (Å²) in [5.41, 5.74) is 6.32. The van der Waals surface area contributed by atoms with Crippen LogP contribution in [0.15, 0.2) is 65.3 Å². The molecule has 2 aromatic rings. The highest BCUT2D eigenvalue weighted by atomic mass is 19.2. The van der Waals surface area contributed by atoms with Crippen molar-refractivity contribution in [3.8, 4) is 0 Å². The zero-order chi connectivity index (χ0) is 21.5. The number of aryl methyl sites for hydroxylation is 1. The molecule has 2 unspecified atom stereocenters. The Kier molecular flexibility index (Phi) is 4.90. The first kappa shape index (κ1) is 19.6. The predicted octanol–water partition coefficient (Wildman–Crippen LogP) is 3.00. The van der Waals surface area contributed by atoms with Crippen molar-refractivity contribution in [1.82, 2.24) is 30.7 Å². The van der Waals surface area contributed by atoms with Gasteiger partial charge >= 0.3 is 0 Å². The van der Waals surface area contributed by atoms with Gasteiger partial charge in [-0.25, -0.2) is 19.5 Å². The third-order valence-electron chi connectivity index (χ3n) is 6.04. The van der Waals surface area contributed by atoms with E-state index < -0.39 is 5.91 Å². The number of amides is 1. The van der Waals surface area contributed by atoms with E-state index in [0.29, 0.717) is 30.3 Å². The van der Waals surface area contributed by atoms with Gasteiger partial charge in [0.15, 0.2) is 0 Å². The molecule has 1 aliphatic carbocycles. The quantitative estimate of drug-likeness (QED) is 0.739. The van der Waals surface area contributed by atoms with Gasteiger partial charge in [-0.1, -0.05) is 23.5 Å². The highest BCUT2D eigenvalue weighted by Gasteiger charge is 2.43. The molecule has 0 saturated heterocycles. The maximum Gasteiger partial charge on any atom is 0.250 e. The lowest BCUT2D eigenvalue weighted by molar-refractivity contribution is -0.115. The summed E-state index contributed by atoms with van der Waals surface area (Å²) in [6.45, 7) is 3.07. The zero-order valence-corrected chi connectivity index (χ0v) is 17.0. The SMILES string of the molecule is CCCn1ncnc1C1C2=CNC(=O)C=C3C2=C(CNN3F)CC1c1ccc(F)cc1. The van der Waals surface area contributed by atoms with Crippen molar-refractivity contribution in [3.63, 3.8) is 0 Å². The molecule has 1 amide bonds. The van der Waals surface area contributed by atoms with Crippen molar-refractivity contribution in [2.45, 2.75) is 38.1 Å². The highest BCUT2D eigenvalue weighted by molar-refractivity contribution is 5.91. The van der Waals surface area contributed by atoms with Crippen LogP contribution in [0.25, 0.3) is 0 Å². The second kappa shape index (κ2) is 7.73. The van der Waals surface area contributed by atoms with E-state index in [4.69, 9.17) is 0 Å². The molecule has 0 saturated carbocycles. The molecule has 3 aliphatic rings. The number of aromatic nitrogens is 3. The van der Waals surface area contributed by atoms with Crippen molar-refractivity contribution in [2.75, 3.05) is 6.54 Å². The molecule has 2 aliphatic heterocycles. The van der Waals surface area contributed by atoms with Crippen molar-refractivity contribution < 1.29 is 13.7 Å². The van der Waals surface area contributed by atoms with Crippen molar-refractivity contribution in [1.29, 1.82) is 0 Å². The van der Waals surface area contributed by atoms with Gasteiger partial charge in [-0.3, -0.25) is 4.79 Å². The number of allylic oxidation sites excluding steroid dienone is 1. The summed E-state index contributed by atoms with van der Waals surface area (Å²) in [4.78, 5) is 16.8. The number of benzene rings is 1. The van der Waals surface area contributed by atoms with Crippen LogP contribution in [0.2, 0.25) is 0 Å². The standard InChI is InChI=1S/C22H22F2N6O/c1-2-7-29-22(26-12-28-29)21-16(13-3-5-15(23)6-4-13)8-14-10-27-30(24)18-9-19(31)25-11-17(21)20(14)18/h3-6,9,11-12,16,21,27H,2,7-8,10H2,1H3,(H,25,31). The summed E-state index contributed by atoms with van der Waals surface area (Å²) in [6, 6.07) is 6.46. The average Bonchev–Trinajstić information content (AvgIpc) is 3.14. The van der Waals surface area contributed by atoms with E-state index in [1.807, 2.05) is 4.68 Å². The summed E-state index contributed by atoms with van der Waals surface area (Å²) < 4.78 is 30.2. The largest absolute Gasteiger partial charge is 0.329 e. The van der Waals surface area contributed by atoms with Gasteiger partial charge in [0, 0.05) is 36.9 Å². The topological polar surface area (TPSA) is 75.1 Å². The predicted molar refractivity (Wildman–Crippen MR) is 109 cm³/mol. The highest BCUT2D eigenvalue weighted by Crippen LogP contribution is 2.52. The van der Waals surface area contributed by atoms with E-state index in [2.05, 4.69) is 27.7 Å². The van der Waals surface area contributed by atoms with Crippen molar-refractivity contribution >= 4 is 5.91 Å². The Morgan fingerprint density at radius 2 is 2.06 bits per heavy atom. The van der Waals surface area contributed by atoms with E-state index in [0.717, 1.165) is 29.0 Å². The molecule has 9 heteroatoms. The van der Waals surface area contributed by atoms with Gasteiger partial charge in [0.1, 0.15) is 23.7 Å². The molecular weight excluding hydrogens is 402 g/mol. The van der Waals surface area contributed by atoms with E-state index in [9.17, 15) is 13.7 Å². The summed E-state index contributed by atoms with van der Waals surface area (Å²) in [5, 5.41) is 7.55. The van der Waals surface area contributed by atoms with E-state index in [1.54, 1.807) is 18.3 Å². The molecule has 0 radical (unpaired) electrons. The molecule has 0 fully saturated rings. The Morgan fingerprint density at radius 3 is 2.84 bits per heavy atom. The summed E-state index contributed by atoms with van der Waals surface area (Å²) in [7, 11) is 0. The van der Waals surface area contributed by atoms with Crippen molar-refractivity contribution in [3.05, 3.63) is 82.5 Å². The molecule has 160 valence electrons. The Balaban J connectivity index is 1.72. The van der Waals surface area contributed by atoms with Gasteiger partial charge in [0.2, 0.25) is 5.91 Å².